The Kier molecular flexibility index (Phi) is 2.90. The fourth-order valence-corrected chi connectivity index (χ4v) is 2.03. The number of hydrogen-bond acceptors (Lipinski definition) is 6. The highest BCUT2D eigenvalue weighted by Gasteiger charge is 2.32. The van der Waals surface area contributed by atoms with E-state index in [4.69, 9.17) is 9.47 Å². The van der Waals surface area contributed by atoms with E-state index in [1.165, 1.54) is 0 Å². The molecule has 1 saturated heterocycles. The highest BCUT2D eigenvalue weighted by molar-refractivity contribution is 7.15. The van der Waals surface area contributed by atoms with Crippen LogP contribution < -0.4 is 5.32 Å². The van der Waals surface area contributed by atoms with Crippen molar-refractivity contribution in [2.75, 3.05) is 18.5 Å². The van der Waals surface area contributed by atoms with Crippen molar-refractivity contribution in [1.82, 2.24) is 10.2 Å². The Balaban J connectivity index is 1.80. The summed E-state index contributed by atoms with van der Waals surface area (Å²) in [6, 6.07) is 0. The van der Waals surface area contributed by atoms with E-state index in [9.17, 15) is 0 Å². The number of rotatable bonds is 3. The molecule has 1 unspecified atom stereocenters. The zero-order chi connectivity index (χ0) is 10.9. The molecule has 0 aromatic carbocycles. The molecule has 84 valence electrons. The summed E-state index contributed by atoms with van der Waals surface area (Å²) in [5.41, 5.74) is 0. The van der Waals surface area contributed by atoms with Crippen molar-refractivity contribution >= 4 is 16.5 Å². The van der Waals surface area contributed by atoms with Crippen molar-refractivity contribution in [1.29, 1.82) is 0 Å². The van der Waals surface area contributed by atoms with Gasteiger partial charge in [0.1, 0.15) is 11.1 Å². The Morgan fingerprint density at radius 2 is 2.33 bits per heavy atom. The van der Waals surface area contributed by atoms with Crippen molar-refractivity contribution in [2.45, 2.75) is 32.7 Å². The average molecular weight is 229 g/mol. The molecule has 1 aliphatic heterocycles. The van der Waals surface area contributed by atoms with Crippen LogP contribution in [0.1, 0.15) is 18.9 Å². The third kappa shape index (κ3) is 2.87. The van der Waals surface area contributed by atoms with E-state index in [1.54, 1.807) is 11.3 Å². The van der Waals surface area contributed by atoms with Gasteiger partial charge in [-0.2, -0.15) is 0 Å². The van der Waals surface area contributed by atoms with Crippen molar-refractivity contribution in [3.8, 4) is 0 Å². The molecule has 5 nitrogen and oxygen atoms in total. The van der Waals surface area contributed by atoms with Crippen LogP contribution in [0.5, 0.6) is 0 Å². The molecule has 0 spiro atoms. The second-order valence-corrected chi connectivity index (χ2v) is 5.14. The zero-order valence-electron chi connectivity index (χ0n) is 9.11. The first-order chi connectivity index (χ1) is 7.05. The molecule has 1 aliphatic rings. The minimum Gasteiger partial charge on any atom is -0.357 e. The fraction of sp³-hybridized carbons (Fsp3) is 0.778. The summed E-state index contributed by atoms with van der Waals surface area (Å²) in [6.45, 7) is 7.10. The van der Waals surface area contributed by atoms with E-state index in [0.29, 0.717) is 13.2 Å². The summed E-state index contributed by atoms with van der Waals surface area (Å²) in [5, 5.41) is 12.9. The molecule has 1 N–H and O–H groups in total. The third-order valence-corrected chi connectivity index (χ3v) is 2.87. The van der Waals surface area contributed by atoms with Crippen LogP contribution in [0.3, 0.4) is 0 Å². The van der Waals surface area contributed by atoms with Crippen LogP contribution >= 0.6 is 11.3 Å². The Morgan fingerprint density at radius 3 is 2.87 bits per heavy atom. The van der Waals surface area contributed by atoms with Crippen LogP contribution in [0.4, 0.5) is 5.13 Å². The first-order valence-electron chi connectivity index (χ1n) is 4.91. The van der Waals surface area contributed by atoms with Gasteiger partial charge >= 0.3 is 0 Å². The Hall–Kier alpha value is -0.720. The van der Waals surface area contributed by atoms with Crippen molar-refractivity contribution < 1.29 is 9.47 Å². The molecule has 1 fully saturated rings. The monoisotopic (exact) mass is 229 g/mol. The minimum absolute atomic E-state index is 0.0872. The predicted molar refractivity (Wildman–Crippen MR) is 58.0 cm³/mol. The van der Waals surface area contributed by atoms with Gasteiger partial charge in [-0.1, -0.05) is 11.3 Å². The van der Waals surface area contributed by atoms with Gasteiger partial charge in [0.15, 0.2) is 5.79 Å². The van der Waals surface area contributed by atoms with Gasteiger partial charge in [-0.25, -0.2) is 0 Å². The van der Waals surface area contributed by atoms with Gasteiger partial charge in [0.05, 0.1) is 6.61 Å². The molecule has 0 amide bonds. The van der Waals surface area contributed by atoms with Gasteiger partial charge in [-0.05, 0) is 20.8 Å². The summed E-state index contributed by atoms with van der Waals surface area (Å²) >= 11 is 1.54. The van der Waals surface area contributed by atoms with Gasteiger partial charge in [-0.15, -0.1) is 10.2 Å². The van der Waals surface area contributed by atoms with Gasteiger partial charge in [0.2, 0.25) is 5.13 Å². The standard InChI is InChI=1S/C9H15N3O2S/c1-6-11-12-8(15-6)10-4-7-5-13-9(2,3)14-7/h7H,4-5H2,1-3H3,(H,10,12). The maximum absolute atomic E-state index is 5.65. The summed E-state index contributed by atoms with van der Waals surface area (Å²) in [5.74, 6) is -0.455. The van der Waals surface area contributed by atoms with Crippen LogP contribution in [0, 0.1) is 6.92 Å². The van der Waals surface area contributed by atoms with Gasteiger partial charge in [0, 0.05) is 6.54 Å². The van der Waals surface area contributed by atoms with Crippen molar-refractivity contribution in [3.63, 3.8) is 0 Å². The number of anilines is 1. The van der Waals surface area contributed by atoms with E-state index in [0.717, 1.165) is 10.1 Å². The lowest BCUT2D eigenvalue weighted by Gasteiger charge is -2.16. The highest BCUT2D eigenvalue weighted by atomic mass is 32.1. The van der Waals surface area contributed by atoms with Gasteiger partial charge in [0.25, 0.3) is 0 Å². The maximum Gasteiger partial charge on any atom is 0.205 e. The average Bonchev–Trinajstić information content (AvgIpc) is 2.69. The van der Waals surface area contributed by atoms with Gasteiger partial charge < -0.3 is 14.8 Å². The molecule has 1 aromatic rings. The molecule has 1 atom stereocenters. The topological polar surface area (TPSA) is 56.3 Å². The highest BCUT2D eigenvalue weighted by Crippen LogP contribution is 2.22. The lowest BCUT2D eigenvalue weighted by Crippen LogP contribution is -2.25. The SMILES string of the molecule is Cc1nnc(NCC2COC(C)(C)O2)s1. The largest absolute Gasteiger partial charge is 0.357 e. The van der Waals surface area contributed by atoms with Crippen molar-refractivity contribution in [3.05, 3.63) is 5.01 Å². The smallest absolute Gasteiger partial charge is 0.205 e. The van der Waals surface area contributed by atoms with Crippen LogP contribution in [0.2, 0.25) is 0 Å². The van der Waals surface area contributed by atoms with Crippen LogP contribution in [0.25, 0.3) is 0 Å². The molecule has 0 aliphatic carbocycles. The number of hydrogen-bond donors (Lipinski definition) is 1. The van der Waals surface area contributed by atoms with Crippen molar-refractivity contribution in [2.24, 2.45) is 0 Å². The molecule has 0 saturated carbocycles. The molecule has 2 rings (SSSR count). The lowest BCUT2D eigenvalue weighted by atomic mass is 10.4. The fourth-order valence-electron chi connectivity index (χ4n) is 1.43. The van der Waals surface area contributed by atoms with Crippen LogP contribution in [-0.2, 0) is 9.47 Å². The normalized spacial score (nSPS) is 24.3. The molecule has 1 aromatic heterocycles. The van der Waals surface area contributed by atoms with E-state index < -0.39 is 5.79 Å². The van der Waals surface area contributed by atoms with E-state index >= 15 is 0 Å². The van der Waals surface area contributed by atoms with Gasteiger partial charge in [-0.3, -0.25) is 0 Å². The Bertz CT molecular complexity index is 340. The number of aromatic nitrogens is 2. The number of nitrogens with zero attached hydrogens (tertiary/aromatic N) is 2. The van der Waals surface area contributed by atoms with E-state index in [1.807, 2.05) is 20.8 Å². The molecule has 2 heterocycles. The van der Waals surface area contributed by atoms with Crippen LogP contribution in [0.15, 0.2) is 0 Å². The van der Waals surface area contributed by atoms with Crippen LogP contribution in [-0.4, -0.2) is 35.2 Å². The number of aryl methyl sites for hydroxylation is 1. The molecule has 6 heteroatoms. The van der Waals surface area contributed by atoms with E-state index in [-0.39, 0.29) is 6.10 Å². The zero-order valence-corrected chi connectivity index (χ0v) is 9.93. The number of nitrogens with one attached hydrogen (secondary N) is 1. The first-order valence-corrected chi connectivity index (χ1v) is 5.72. The molecule has 0 bridgehead atoms. The summed E-state index contributed by atoms with van der Waals surface area (Å²) < 4.78 is 11.1. The maximum atomic E-state index is 5.65. The third-order valence-electron chi connectivity index (χ3n) is 2.07. The van der Waals surface area contributed by atoms with E-state index in [2.05, 4.69) is 15.5 Å². The number of ether oxygens (including phenoxy) is 2. The molecular weight excluding hydrogens is 214 g/mol. The summed E-state index contributed by atoms with van der Waals surface area (Å²) in [7, 11) is 0. The Morgan fingerprint density at radius 1 is 1.53 bits per heavy atom. The molecular formula is C9H15N3O2S. The molecule has 0 radical (unpaired) electrons. The first kappa shape index (κ1) is 10.8. The minimum atomic E-state index is -0.455. The second-order valence-electron chi connectivity index (χ2n) is 3.96. The quantitative estimate of drug-likeness (QED) is 0.849. The summed E-state index contributed by atoms with van der Waals surface area (Å²) in [6.07, 6.45) is 0.0872. The predicted octanol–water partition coefficient (Wildman–Crippen LogP) is 1.41. The summed E-state index contributed by atoms with van der Waals surface area (Å²) in [4.78, 5) is 0. The Labute approximate surface area is 92.8 Å². The lowest BCUT2D eigenvalue weighted by molar-refractivity contribution is -0.136. The molecule has 15 heavy (non-hydrogen) atoms. The second kappa shape index (κ2) is 4.03.